The highest BCUT2D eigenvalue weighted by atomic mass is 35.5. The molecule has 0 spiro atoms. The predicted molar refractivity (Wildman–Crippen MR) is 101 cm³/mol. The van der Waals surface area contributed by atoms with Crippen LogP contribution < -0.4 is 18.6 Å². The predicted octanol–water partition coefficient (Wildman–Crippen LogP) is 3.37. The van der Waals surface area contributed by atoms with Gasteiger partial charge in [0.2, 0.25) is 0 Å². The van der Waals surface area contributed by atoms with Crippen LogP contribution in [-0.4, -0.2) is 30.7 Å². The van der Waals surface area contributed by atoms with Gasteiger partial charge < -0.3 is 23.0 Å². The van der Waals surface area contributed by atoms with E-state index < -0.39 is 0 Å². The molecule has 0 bridgehead atoms. The molecular weight excluding hydrogens is 315 g/mol. The molecule has 0 unspecified atom stereocenters. The highest BCUT2D eigenvalue weighted by Crippen LogP contribution is 2.13. The molecule has 0 aromatic carbocycles. The summed E-state index contributed by atoms with van der Waals surface area (Å²) in [4.78, 5) is 0. The van der Waals surface area contributed by atoms with Crippen molar-refractivity contribution in [2.75, 3.05) is 26.2 Å². The summed E-state index contributed by atoms with van der Waals surface area (Å²) in [6.07, 6.45) is 14.5. The number of hydrogen-bond acceptors (Lipinski definition) is 1. The average Bonchev–Trinajstić information content (AvgIpc) is 2.46. The summed E-state index contributed by atoms with van der Waals surface area (Å²) in [5, 5.41) is 0. The van der Waals surface area contributed by atoms with Crippen molar-refractivity contribution in [3.05, 3.63) is 0 Å². The van der Waals surface area contributed by atoms with E-state index in [4.69, 9.17) is 0 Å². The third-order valence-corrected chi connectivity index (χ3v) is 5.00. The number of hydrogen-bond donors (Lipinski definition) is 1. The first kappa shape index (κ1) is 30.4. The van der Waals surface area contributed by atoms with E-state index in [-0.39, 0.29) is 31.0 Å². The van der Waals surface area contributed by atoms with Crippen molar-refractivity contribution in [2.24, 2.45) is 0 Å². The van der Waals surface area contributed by atoms with Gasteiger partial charge in [0.15, 0.2) is 0 Å². The zero-order valence-electron chi connectivity index (χ0n) is 15.8. The van der Waals surface area contributed by atoms with Crippen LogP contribution in [0, 0.1) is 0 Å². The SMILES string of the molecule is CCCCCCCCCCCC[N+](CC)(CC)CC.Cl.N.[Cl-]. The van der Waals surface area contributed by atoms with Gasteiger partial charge in [0.05, 0.1) is 26.2 Å². The Morgan fingerprint density at radius 2 is 0.864 bits per heavy atom. The van der Waals surface area contributed by atoms with Crippen molar-refractivity contribution in [1.29, 1.82) is 0 Å². The van der Waals surface area contributed by atoms with E-state index in [9.17, 15) is 0 Å². The molecule has 0 amide bonds. The van der Waals surface area contributed by atoms with Crippen LogP contribution in [0.5, 0.6) is 0 Å². The fourth-order valence-corrected chi connectivity index (χ4v) is 3.08. The number of halogens is 2. The highest BCUT2D eigenvalue weighted by Gasteiger charge is 2.19. The molecule has 0 aromatic rings. The Bertz CT molecular complexity index is 178. The molecule has 0 aromatic heterocycles. The molecule has 22 heavy (non-hydrogen) atoms. The van der Waals surface area contributed by atoms with Crippen molar-refractivity contribution >= 4 is 12.4 Å². The van der Waals surface area contributed by atoms with E-state index in [2.05, 4.69) is 27.7 Å². The second kappa shape index (κ2) is 21.5. The summed E-state index contributed by atoms with van der Waals surface area (Å²) in [5.41, 5.74) is 0. The van der Waals surface area contributed by atoms with Crippen molar-refractivity contribution < 1.29 is 16.9 Å². The molecule has 0 aliphatic carbocycles. The smallest absolute Gasteiger partial charge is 0.0786 e. The number of nitrogens with zero attached hydrogens (tertiary/aromatic N) is 1. The Labute approximate surface area is 153 Å². The average molecular weight is 359 g/mol. The zero-order valence-corrected chi connectivity index (χ0v) is 17.4. The molecule has 4 heteroatoms. The summed E-state index contributed by atoms with van der Waals surface area (Å²) < 4.78 is 1.33. The van der Waals surface area contributed by atoms with E-state index in [0.717, 1.165) is 0 Å². The molecule has 2 nitrogen and oxygen atoms in total. The van der Waals surface area contributed by atoms with E-state index in [1.165, 1.54) is 94.9 Å². The fraction of sp³-hybridized carbons (Fsp3) is 1.00. The van der Waals surface area contributed by atoms with E-state index >= 15 is 0 Å². The summed E-state index contributed by atoms with van der Waals surface area (Å²) in [6, 6.07) is 0. The van der Waals surface area contributed by atoms with Gasteiger partial charge in [-0.05, 0) is 33.6 Å². The minimum Gasteiger partial charge on any atom is -1.00 e. The van der Waals surface area contributed by atoms with Crippen LogP contribution in [0.15, 0.2) is 0 Å². The first-order chi connectivity index (χ1) is 9.24. The number of quaternary nitrogens is 1. The zero-order chi connectivity index (χ0) is 14.4. The number of rotatable bonds is 14. The van der Waals surface area contributed by atoms with Crippen LogP contribution in [0.25, 0.3) is 0 Å². The second-order valence-electron chi connectivity index (χ2n) is 6.20. The van der Waals surface area contributed by atoms with E-state index in [0.29, 0.717) is 0 Å². The molecule has 0 radical (unpaired) electrons. The second-order valence-corrected chi connectivity index (χ2v) is 6.20. The molecule has 3 N–H and O–H groups in total. The summed E-state index contributed by atoms with van der Waals surface area (Å²) in [5.74, 6) is 0. The lowest BCUT2D eigenvalue weighted by Crippen LogP contribution is -3.00. The maximum atomic E-state index is 2.35. The molecule has 140 valence electrons. The quantitative estimate of drug-likeness (QED) is 0.375. The van der Waals surface area contributed by atoms with Crippen LogP contribution in [0.2, 0.25) is 0 Å². The molecule has 0 rings (SSSR count). The van der Waals surface area contributed by atoms with Crippen LogP contribution in [0.1, 0.15) is 91.9 Å². The van der Waals surface area contributed by atoms with Gasteiger partial charge in [0, 0.05) is 0 Å². The highest BCUT2D eigenvalue weighted by molar-refractivity contribution is 5.85. The van der Waals surface area contributed by atoms with Crippen molar-refractivity contribution in [3.8, 4) is 0 Å². The van der Waals surface area contributed by atoms with Gasteiger partial charge in [0.25, 0.3) is 0 Å². The third kappa shape index (κ3) is 15.4. The van der Waals surface area contributed by atoms with E-state index in [1.807, 2.05) is 0 Å². The standard InChI is InChI=1S/C18H40N.2ClH.H3N/c1-5-9-10-11-12-13-14-15-16-17-18-19(6-2,7-3)8-4;;;/h5-18H2,1-4H3;2*1H;1H3/q+1;;;/p-1. The largest absolute Gasteiger partial charge is 1.00 e. The Hall–Kier alpha value is 0.500. The minimum atomic E-state index is 0. The van der Waals surface area contributed by atoms with Gasteiger partial charge >= 0.3 is 0 Å². The van der Waals surface area contributed by atoms with Crippen LogP contribution in [0.3, 0.4) is 0 Å². The molecular formula is C18H44Cl2N2. The van der Waals surface area contributed by atoms with Crippen molar-refractivity contribution in [3.63, 3.8) is 0 Å². The van der Waals surface area contributed by atoms with Gasteiger partial charge in [-0.15, -0.1) is 12.4 Å². The molecule has 0 heterocycles. The lowest BCUT2D eigenvalue weighted by molar-refractivity contribution is -0.923. The maximum absolute atomic E-state index is 2.35. The van der Waals surface area contributed by atoms with Crippen molar-refractivity contribution in [1.82, 2.24) is 6.15 Å². The van der Waals surface area contributed by atoms with Crippen LogP contribution in [-0.2, 0) is 0 Å². The van der Waals surface area contributed by atoms with Gasteiger partial charge in [0.1, 0.15) is 0 Å². The Morgan fingerprint density at radius 3 is 1.18 bits per heavy atom. The summed E-state index contributed by atoms with van der Waals surface area (Å²) in [7, 11) is 0. The Morgan fingerprint density at radius 1 is 0.545 bits per heavy atom. The van der Waals surface area contributed by atoms with Gasteiger partial charge in [-0.2, -0.15) is 0 Å². The summed E-state index contributed by atoms with van der Waals surface area (Å²) in [6.45, 7) is 14.7. The van der Waals surface area contributed by atoms with Gasteiger partial charge in [-0.1, -0.05) is 58.3 Å². The topological polar surface area (TPSA) is 35.0 Å². The fourth-order valence-electron chi connectivity index (χ4n) is 3.08. The molecule has 0 fully saturated rings. The molecule has 0 saturated heterocycles. The third-order valence-electron chi connectivity index (χ3n) is 5.00. The lowest BCUT2D eigenvalue weighted by atomic mass is 10.1. The monoisotopic (exact) mass is 358 g/mol. The minimum absolute atomic E-state index is 0. The van der Waals surface area contributed by atoms with E-state index in [1.54, 1.807) is 0 Å². The first-order valence-electron chi connectivity index (χ1n) is 9.09. The van der Waals surface area contributed by atoms with Gasteiger partial charge in [-0.25, -0.2) is 0 Å². The normalized spacial score (nSPS) is 10.4. The number of unbranched alkanes of at least 4 members (excludes halogenated alkanes) is 9. The summed E-state index contributed by atoms with van der Waals surface area (Å²) >= 11 is 0. The van der Waals surface area contributed by atoms with Crippen LogP contribution in [0.4, 0.5) is 0 Å². The molecule has 0 aliphatic rings. The molecule has 0 saturated carbocycles. The Kier molecular flexibility index (Phi) is 29.7. The van der Waals surface area contributed by atoms with Crippen LogP contribution >= 0.6 is 12.4 Å². The maximum Gasteiger partial charge on any atom is 0.0786 e. The van der Waals surface area contributed by atoms with Gasteiger partial charge in [-0.3, -0.25) is 0 Å². The Balaban J connectivity index is -0.000000540. The molecule has 0 atom stereocenters. The molecule has 0 aliphatic heterocycles. The first-order valence-corrected chi connectivity index (χ1v) is 9.09. The lowest BCUT2D eigenvalue weighted by Gasteiger charge is -2.35. The van der Waals surface area contributed by atoms with Crippen molar-refractivity contribution in [2.45, 2.75) is 91.9 Å².